The zero-order chi connectivity index (χ0) is 19.6. The number of amides is 1. The number of halogens is 1. The molecular weight excluding hydrogens is 410 g/mol. The van der Waals surface area contributed by atoms with Gasteiger partial charge in [-0.1, -0.05) is 22.9 Å². The standard InChI is InChI=1S/C17H16ClN3O4S2/c1-10(9-22)19-16(23)11-2-7-14-15(8-11)26-17(20-14)21-27(24,25)13-5-3-12(18)4-6-13/h2-8,10,22H,9H2,1H3,(H,19,23)(H,20,21)/t10-/m1/s1. The second kappa shape index (κ2) is 7.81. The monoisotopic (exact) mass is 425 g/mol. The molecule has 0 saturated carbocycles. The maximum absolute atomic E-state index is 12.4. The smallest absolute Gasteiger partial charge is 0.263 e. The maximum atomic E-state index is 12.4. The van der Waals surface area contributed by atoms with Gasteiger partial charge < -0.3 is 10.4 Å². The molecule has 7 nitrogen and oxygen atoms in total. The predicted molar refractivity (Wildman–Crippen MR) is 106 cm³/mol. The molecule has 1 atom stereocenters. The quantitative estimate of drug-likeness (QED) is 0.562. The van der Waals surface area contributed by atoms with Crippen molar-refractivity contribution < 1.29 is 18.3 Å². The average molecular weight is 426 g/mol. The Morgan fingerprint density at radius 1 is 1.26 bits per heavy atom. The summed E-state index contributed by atoms with van der Waals surface area (Å²) in [5.74, 6) is -0.324. The highest BCUT2D eigenvalue weighted by Crippen LogP contribution is 2.28. The number of hydrogen-bond acceptors (Lipinski definition) is 6. The van der Waals surface area contributed by atoms with Crippen LogP contribution in [0.3, 0.4) is 0 Å². The third-order valence-corrected chi connectivity index (χ3v) is 6.32. The first-order valence-corrected chi connectivity index (χ1v) is 10.6. The van der Waals surface area contributed by atoms with E-state index in [4.69, 9.17) is 16.7 Å². The van der Waals surface area contributed by atoms with Crippen LogP contribution in [-0.4, -0.2) is 37.1 Å². The van der Waals surface area contributed by atoms with Gasteiger partial charge in [-0.15, -0.1) is 0 Å². The van der Waals surface area contributed by atoms with E-state index >= 15 is 0 Å². The van der Waals surface area contributed by atoms with Crippen LogP contribution in [0, 0.1) is 0 Å². The van der Waals surface area contributed by atoms with Crippen LogP contribution < -0.4 is 10.0 Å². The number of aliphatic hydroxyl groups excluding tert-OH is 1. The minimum Gasteiger partial charge on any atom is -0.394 e. The Kier molecular flexibility index (Phi) is 5.66. The van der Waals surface area contributed by atoms with Gasteiger partial charge in [0.25, 0.3) is 15.9 Å². The summed E-state index contributed by atoms with van der Waals surface area (Å²) in [7, 11) is -3.79. The van der Waals surface area contributed by atoms with Crippen molar-refractivity contribution in [2.45, 2.75) is 17.9 Å². The van der Waals surface area contributed by atoms with E-state index in [2.05, 4.69) is 15.0 Å². The summed E-state index contributed by atoms with van der Waals surface area (Å²) >= 11 is 6.91. The van der Waals surface area contributed by atoms with Crippen LogP contribution in [0.15, 0.2) is 47.4 Å². The van der Waals surface area contributed by atoms with Gasteiger partial charge in [-0.05, 0) is 49.4 Å². The number of hydrogen-bond donors (Lipinski definition) is 3. The molecule has 3 aromatic rings. The van der Waals surface area contributed by atoms with Gasteiger partial charge in [-0.2, -0.15) is 0 Å². The minimum absolute atomic E-state index is 0.0733. The third kappa shape index (κ3) is 4.56. The number of benzene rings is 2. The van der Waals surface area contributed by atoms with Gasteiger partial charge in [-0.3, -0.25) is 9.52 Å². The fourth-order valence-electron chi connectivity index (χ4n) is 2.25. The molecule has 2 aromatic carbocycles. The summed E-state index contributed by atoms with van der Waals surface area (Å²) in [4.78, 5) is 16.5. The molecule has 0 aliphatic rings. The zero-order valence-electron chi connectivity index (χ0n) is 14.1. The molecular formula is C17H16ClN3O4S2. The minimum atomic E-state index is -3.79. The van der Waals surface area contributed by atoms with Gasteiger partial charge in [0.05, 0.1) is 21.7 Å². The highest BCUT2D eigenvalue weighted by molar-refractivity contribution is 7.93. The lowest BCUT2D eigenvalue weighted by Crippen LogP contribution is -2.34. The molecule has 0 aliphatic heterocycles. The van der Waals surface area contributed by atoms with Crippen LogP contribution in [0.5, 0.6) is 0 Å². The number of carbonyl (C=O) groups excluding carboxylic acids is 1. The van der Waals surface area contributed by atoms with Crippen molar-refractivity contribution in [1.29, 1.82) is 0 Å². The van der Waals surface area contributed by atoms with Gasteiger partial charge in [0.2, 0.25) is 0 Å². The molecule has 1 amide bonds. The summed E-state index contributed by atoms with van der Waals surface area (Å²) < 4.78 is 28.0. The summed E-state index contributed by atoms with van der Waals surface area (Å²) in [6.45, 7) is 1.53. The van der Waals surface area contributed by atoms with Crippen molar-refractivity contribution in [2.75, 3.05) is 11.3 Å². The summed E-state index contributed by atoms with van der Waals surface area (Å²) in [5.41, 5.74) is 0.971. The largest absolute Gasteiger partial charge is 0.394 e. The van der Waals surface area contributed by atoms with Crippen LogP contribution in [-0.2, 0) is 10.0 Å². The molecule has 1 heterocycles. The number of rotatable bonds is 6. The van der Waals surface area contributed by atoms with Gasteiger partial charge >= 0.3 is 0 Å². The van der Waals surface area contributed by atoms with E-state index < -0.39 is 10.0 Å². The molecule has 142 valence electrons. The SMILES string of the molecule is C[C@H](CO)NC(=O)c1ccc2nc(NS(=O)(=O)c3ccc(Cl)cc3)sc2c1. The number of nitrogens with one attached hydrogen (secondary N) is 2. The number of aromatic nitrogens is 1. The lowest BCUT2D eigenvalue weighted by molar-refractivity contribution is 0.0922. The number of carbonyl (C=O) groups is 1. The summed E-state index contributed by atoms with van der Waals surface area (Å²) in [6, 6.07) is 10.3. The molecule has 1 aromatic heterocycles. The number of anilines is 1. The second-order valence-corrected chi connectivity index (χ2v) is 8.97. The molecule has 10 heteroatoms. The maximum Gasteiger partial charge on any atom is 0.263 e. The van der Waals surface area contributed by atoms with E-state index in [1.54, 1.807) is 25.1 Å². The van der Waals surface area contributed by atoms with E-state index in [0.29, 0.717) is 20.8 Å². The van der Waals surface area contributed by atoms with Gasteiger partial charge in [0, 0.05) is 16.6 Å². The zero-order valence-corrected chi connectivity index (χ0v) is 16.5. The molecule has 0 unspecified atom stereocenters. The highest BCUT2D eigenvalue weighted by Gasteiger charge is 2.17. The van der Waals surface area contributed by atoms with E-state index in [1.807, 2.05) is 0 Å². The molecule has 0 fully saturated rings. The lowest BCUT2D eigenvalue weighted by atomic mass is 10.2. The number of sulfonamides is 1. The normalized spacial score (nSPS) is 12.7. The fourth-order valence-corrected chi connectivity index (χ4v) is 4.52. The van der Waals surface area contributed by atoms with Gasteiger partial charge in [0.15, 0.2) is 5.13 Å². The van der Waals surface area contributed by atoms with Crippen molar-refractivity contribution in [3.05, 3.63) is 53.1 Å². The molecule has 0 spiro atoms. The molecule has 0 aliphatic carbocycles. The van der Waals surface area contributed by atoms with Crippen LogP contribution in [0.4, 0.5) is 5.13 Å². The molecule has 0 bridgehead atoms. The first kappa shape index (κ1) is 19.6. The van der Waals surface area contributed by atoms with Crippen molar-refractivity contribution >= 4 is 54.2 Å². The topological polar surface area (TPSA) is 108 Å². The van der Waals surface area contributed by atoms with Gasteiger partial charge in [0.1, 0.15) is 0 Å². The van der Waals surface area contributed by atoms with Crippen molar-refractivity contribution in [1.82, 2.24) is 10.3 Å². The Morgan fingerprint density at radius 2 is 1.96 bits per heavy atom. The Labute approximate surface area is 165 Å². The molecule has 3 rings (SSSR count). The fraction of sp³-hybridized carbons (Fsp3) is 0.176. The van der Waals surface area contributed by atoms with E-state index in [-0.39, 0.29) is 28.6 Å². The van der Waals surface area contributed by atoms with Gasteiger partial charge in [-0.25, -0.2) is 13.4 Å². The predicted octanol–water partition coefficient (Wildman–Crippen LogP) is 2.86. The average Bonchev–Trinajstić information content (AvgIpc) is 3.02. The number of nitrogens with zero attached hydrogens (tertiary/aromatic N) is 1. The summed E-state index contributed by atoms with van der Waals surface area (Å²) in [5, 5.41) is 12.3. The molecule has 0 saturated heterocycles. The van der Waals surface area contributed by atoms with Crippen molar-refractivity contribution in [2.24, 2.45) is 0 Å². The Morgan fingerprint density at radius 3 is 2.63 bits per heavy atom. The number of thiazole rings is 1. The lowest BCUT2D eigenvalue weighted by Gasteiger charge is -2.10. The van der Waals surface area contributed by atoms with Crippen LogP contribution in [0.25, 0.3) is 10.2 Å². The highest BCUT2D eigenvalue weighted by atomic mass is 35.5. The Hall–Kier alpha value is -2.20. The van der Waals surface area contributed by atoms with Crippen LogP contribution in [0.2, 0.25) is 5.02 Å². The second-order valence-electron chi connectivity index (χ2n) is 5.82. The van der Waals surface area contributed by atoms with E-state index in [0.717, 1.165) is 11.3 Å². The molecule has 3 N–H and O–H groups in total. The Balaban J connectivity index is 1.84. The molecule has 0 radical (unpaired) electrons. The van der Waals surface area contributed by atoms with Crippen molar-refractivity contribution in [3.8, 4) is 0 Å². The number of fused-ring (bicyclic) bond motifs is 1. The van der Waals surface area contributed by atoms with Crippen LogP contribution >= 0.6 is 22.9 Å². The number of aliphatic hydroxyl groups is 1. The van der Waals surface area contributed by atoms with E-state index in [9.17, 15) is 13.2 Å². The van der Waals surface area contributed by atoms with Crippen LogP contribution in [0.1, 0.15) is 17.3 Å². The van der Waals surface area contributed by atoms with E-state index in [1.165, 1.54) is 24.3 Å². The summed E-state index contributed by atoms with van der Waals surface area (Å²) in [6.07, 6.45) is 0. The first-order valence-electron chi connectivity index (χ1n) is 7.89. The van der Waals surface area contributed by atoms with Crippen molar-refractivity contribution in [3.63, 3.8) is 0 Å². The first-order chi connectivity index (χ1) is 12.8. The Bertz CT molecular complexity index is 1080. The third-order valence-electron chi connectivity index (χ3n) is 3.65. The molecule has 27 heavy (non-hydrogen) atoms.